The molecule has 0 aliphatic carbocycles. The van der Waals surface area contributed by atoms with Crippen LogP contribution in [0.3, 0.4) is 0 Å². The van der Waals surface area contributed by atoms with Crippen molar-refractivity contribution < 1.29 is 4.74 Å². The highest BCUT2D eigenvalue weighted by atomic mass is 32.2. The summed E-state index contributed by atoms with van der Waals surface area (Å²) >= 11 is 1.85. The van der Waals surface area contributed by atoms with Gasteiger partial charge in [0.1, 0.15) is 5.75 Å². The molecule has 0 spiro atoms. The lowest BCUT2D eigenvalue weighted by atomic mass is 10.2. The number of nitrogens with one attached hydrogen (secondary N) is 1. The second-order valence-corrected chi connectivity index (χ2v) is 6.43. The Bertz CT molecular complexity index is 380. The number of nitrogens with two attached hydrogens (primary N) is 1. The van der Waals surface area contributed by atoms with E-state index in [4.69, 9.17) is 10.5 Å². The molecule has 0 aliphatic heterocycles. The van der Waals surface area contributed by atoms with Gasteiger partial charge in [-0.2, -0.15) is 11.8 Å². The molecule has 0 amide bonds. The van der Waals surface area contributed by atoms with Crippen molar-refractivity contribution in [2.45, 2.75) is 31.9 Å². The third kappa shape index (κ3) is 4.69. The molecule has 0 fully saturated rings. The molecular formula is C14H24N2OS. The molecule has 1 rings (SSSR count). The lowest BCUT2D eigenvalue weighted by Crippen LogP contribution is -2.25. The SMILES string of the molecule is CCCOc1cc(NCC(C)(C)SC)ccc1N. The van der Waals surface area contributed by atoms with E-state index in [0.29, 0.717) is 12.3 Å². The quantitative estimate of drug-likeness (QED) is 0.742. The van der Waals surface area contributed by atoms with E-state index in [1.165, 1.54) is 0 Å². The average Bonchev–Trinajstić information content (AvgIpc) is 2.36. The normalized spacial score (nSPS) is 11.3. The van der Waals surface area contributed by atoms with Crippen LogP contribution in [-0.4, -0.2) is 24.2 Å². The first kappa shape index (κ1) is 15.0. The molecule has 1 aromatic rings. The van der Waals surface area contributed by atoms with Crippen molar-refractivity contribution in [1.29, 1.82) is 0 Å². The minimum atomic E-state index is 0.214. The van der Waals surface area contributed by atoms with E-state index in [1.54, 1.807) is 0 Å². The van der Waals surface area contributed by atoms with Crippen LogP contribution in [0.5, 0.6) is 5.75 Å². The summed E-state index contributed by atoms with van der Waals surface area (Å²) in [6, 6.07) is 5.85. The van der Waals surface area contributed by atoms with Gasteiger partial charge >= 0.3 is 0 Å². The molecule has 3 nitrogen and oxygen atoms in total. The summed E-state index contributed by atoms with van der Waals surface area (Å²) in [4.78, 5) is 0. The minimum absolute atomic E-state index is 0.214. The monoisotopic (exact) mass is 268 g/mol. The molecule has 0 atom stereocenters. The summed E-state index contributed by atoms with van der Waals surface area (Å²) < 4.78 is 5.83. The van der Waals surface area contributed by atoms with Gasteiger partial charge in [0.15, 0.2) is 0 Å². The minimum Gasteiger partial charge on any atom is -0.491 e. The zero-order chi connectivity index (χ0) is 13.6. The first-order valence-corrected chi connectivity index (χ1v) is 7.52. The Morgan fingerprint density at radius 1 is 1.39 bits per heavy atom. The lowest BCUT2D eigenvalue weighted by Gasteiger charge is -2.23. The maximum absolute atomic E-state index is 5.88. The van der Waals surface area contributed by atoms with Crippen LogP contribution in [0.25, 0.3) is 0 Å². The van der Waals surface area contributed by atoms with Gasteiger partial charge in [0, 0.05) is 23.0 Å². The van der Waals surface area contributed by atoms with Gasteiger partial charge in [-0.1, -0.05) is 6.92 Å². The number of rotatable bonds is 7. The van der Waals surface area contributed by atoms with Crippen molar-refractivity contribution in [2.24, 2.45) is 0 Å². The van der Waals surface area contributed by atoms with Crippen LogP contribution in [-0.2, 0) is 0 Å². The molecule has 0 radical (unpaired) electrons. The molecule has 0 aromatic heterocycles. The number of nitrogen functional groups attached to an aromatic ring is 1. The van der Waals surface area contributed by atoms with Crippen molar-refractivity contribution in [3.63, 3.8) is 0 Å². The predicted octanol–water partition coefficient (Wildman–Crippen LogP) is 3.61. The Hall–Kier alpha value is -1.03. The second-order valence-electron chi connectivity index (χ2n) is 4.92. The first-order valence-electron chi connectivity index (χ1n) is 6.30. The summed E-state index contributed by atoms with van der Waals surface area (Å²) in [7, 11) is 0. The topological polar surface area (TPSA) is 47.3 Å². The van der Waals surface area contributed by atoms with Crippen molar-refractivity contribution in [3.05, 3.63) is 18.2 Å². The Balaban J connectivity index is 2.67. The molecular weight excluding hydrogens is 244 g/mol. The zero-order valence-electron chi connectivity index (χ0n) is 11.7. The number of thioether (sulfide) groups is 1. The molecule has 3 N–H and O–H groups in total. The van der Waals surface area contributed by atoms with Crippen LogP contribution in [0, 0.1) is 0 Å². The van der Waals surface area contributed by atoms with Crippen LogP contribution < -0.4 is 15.8 Å². The van der Waals surface area contributed by atoms with Crippen molar-refractivity contribution in [2.75, 3.05) is 30.5 Å². The van der Waals surface area contributed by atoms with Crippen molar-refractivity contribution in [3.8, 4) is 5.75 Å². The number of anilines is 2. The van der Waals surface area contributed by atoms with Gasteiger partial charge in [0.2, 0.25) is 0 Å². The number of ether oxygens (including phenoxy) is 1. The zero-order valence-corrected chi connectivity index (χ0v) is 12.6. The van der Waals surface area contributed by atoms with Gasteiger partial charge in [-0.25, -0.2) is 0 Å². The van der Waals surface area contributed by atoms with Gasteiger partial charge in [0.05, 0.1) is 12.3 Å². The predicted molar refractivity (Wildman–Crippen MR) is 82.7 cm³/mol. The number of benzene rings is 1. The highest BCUT2D eigenvalue weighted by Crippen LogP contribution is 2.27. The third-order valence-electron chi connectivity index (χ3n) is 2.75. The molecule has 18 heavy (non-hydrogen) atoms. The molecule has 4 heteroatoms. The smallest absolute Gasteiger partial charge is 0.144 e. The molecule has 102 valence electrons. The Labute approximate surface area is 114 Å². The van der Waals surface area contributed by atoms with Crippen LogP contribution in [0.4, 0.5) is 11.4 Å². The van der Waals surface area contributed by atoms with Crippen LogP contribution in [0.15, 0.2) is 18.2 Å². The maximum Gasteiger partial charge on any atom is 0.144 e. The fourth-order valence-corrected chi connectivity index (χ4v) is 1.58. The summed E-state index contributed by atoms with van der Waals surface area (Å²) in [6.45, 7) is 8.13. The van der Waals surface area contributed by atoms with Gasteiger partial charge in [-0.3, -0.25) is 0 Å². The highest BCUT2D eigenvalue weighted by molar-refractivity contribution is 7.99. The average molecular weight is 268 g/mol. The largest absolute Gasteiger partial charge is 0.491 e. The standard InChI is InChI=1S/C14H24N2OS/c1-5-8-17-13-9-11(6-7-12(13)15)16-10-14(2,3)18-4/h6-7,9,16H,5,8,10,15H2,1-4H3. The first-order chi connectivity index (χ1) is 8.48. The molecule has 0 saturated carbocycles. The number of hydrogen-bond donors (Lipinski definition) is 2. The van der Waals surface area contributed by atoms with Crippen LogP contribution >= 0.6 is 11.8 Å². The van der Waals surface area contributed by atoms with E-state index in [1.807, 2.05) is 30.0 Å². The van der Waals surface area contributed by atoms with E-state index in [2.05, 4.69) is 32.3 Å². The molecule has 0 heterocycles. The van der Waals surface area contributed by atoms with Gasteiger partial charge < -0.3 is 15.8 Å². The van der Waals surface area contributed by atoms with Crippen molar-refractivity contribution in [1.82, 2.24) is 0 Å². The van der Waals surface area contributed by atoms with Gasteiger partial charge in [-0.15, -0.1) is 0 Å². The summed E-state index contributed by atoms with van der Waals surface area (Å²) in [5, 5.41) is 3.42. The molecule has 1 aromatic carbocycles. The highest BCUT2D eigenvalue weighted by Gasteiger charge is 2.15. The Kier molecular flexibility index (Phi) is 5.66. The third-order valence-corrected chi connectivity index (χ3v) is 4.00. The maximum atomic E-state index is 5.88. The number of hydrogen-bond acceptors (Lipinski definition) is 4. The molecule has 0 unspecified atom stereocenters. The van der Waals surface area contributed by atoms with E-state index >= 15 is 0 Å². The fraction of sp³-hybridized carbons (Fsp3) is 0.571. The molecule has 0 aliphatic rings. The fourth-order valence-electron chi connectivity index (χ4n) is 1.37. The van der Waals surface area contributed by atoms with Gasteiger partial charge in [-0.05, 0) is 38.7 Å². The van der Waals surface area contributed by atoms with Crippen LogP contribution in [0.2, 0.25) is 0 Å². The Morgan fingerprint density at radius 2 is 2.11 bits per heavy atom. The summed E-state index contributed by atoms with van der Waals surface area (Å²) in [5.41, 5.74) is 7.63. The van der Waals surface area contributed by atoms with Crippen LogP contribution in [0.1, 0.15) is 27.2 Å². The summed E-state index contributed by atoms with van der Waals surface area (Å²) in [6.07, 6.45) is 3.11. The lowest BCUT2D eigenvalue weighted by molar-refractivity contribution is 0.319. The summed E-state index contributed by atoms with van der Waals surface area (Å²) in [5.74, 6) is 0.767. The molecule has 0 saturated heterocycles. The molecule has 0 bridgehead atoms. The van der Waals surface area contributed by atoms with E-state index in [0.717, 1.165) is 24.4 Å². The van der Waals surface area contributed by atoms with E-state index in [-0.39, 0.29) is 4.75 Å². The second kappa shape index (κ2) is 6.78. The van der Waals surface area contributed by atoms with Crippen molar-refractivity contribution >= 4 is 23.1 Å². The Morgan fingerprint density at radius 3 is 2.72 bits per heavy atom. The van der Waals surface area contributed by atoms with E-state index < -0.39 is 0 Å². The van der Waals surface area contributed by atoms with E-state index in [9.17, 15) is 0 Å². The van der Waals surface area contributed by atoms with Gasteiger partial charge in [0.25, 0.3) is 0 Å².